The van der Waals surface area contributed by atoms with Gasteiger partial charge in [0.15, 0.2) is 12.1 Å². The van der Waals surface area contributed by atoms with Crippen LogP contribution in [0, 0.1) is 5.92 Å². The number of piperidine rings is 1. The zero-order valence-corrected chi connectivity index (χ0v) is 22.5. The topological polar surface area (TPSA) is 81.7 Å². The Morgan fingerprint density at radius 1 is 1.23 bits per heavy atom. The van der Waals surface area contributed by atoms with Gasteiger partial charge in [-0.1, -0.05) is 73.3 Å². The number of para-hydroxylation sites is 1. The molecule has 0 saturated carbocycles. The summed E-state index contributed by atoms with van der Waals surface area (Å²) in [4.78, 5) is 19.3. The van der Waals surface area contributed by atoms with Gasteiger partial charge in [0, 0.05) is 23.6 Å². The Hall–Kier alpha value is -4.04. The Kier molecular flexibility index (Phi) is 9.80. The monoisotopic (exact) mass is 531 g/mol. The summed E-state index contributed by atoms with van der Waals surface area (Å²) in [5.74, 6) is 0.365. The summed E-state index contributed by atoms with van der Waals surface area (Å²) < 4.78 is 25.1. The summed E-state index contributed by atoms with van der Waals surface area (Å²) in [6.07, 6.45) is 6.11. The van der Waals surface area contributed by atoms with Gasteiger partial charge in [-0.25, -0.2) is 9.18 Å². The first-order chi connectivity index (χ1) is 19.0. The number of anilines is 1. The van der Waals surface area contributed by atoms with E-state index in [0.717, 1.165) is 30.6 Å². The first-order valence-corrected chi connectivity index (χ1v) is 13.4. The summed E-state index contributed by atoms with van der Waals surface area (Å²) in [5.41, 5.74) is 2.16. The van der Waals surface area contributed by atoms with Crippen LogP contribution in [-0.2, 0) is 16.1 Å². The average Bonchev–Trinajstić information content (AvgIpc) is 3.41. The normalized spacial score (nSPS) is 20.7. The minimum atomic E-state index is -0.627. The first-order valence-electron chi connectivity index (χ1n) is 13.4. The number of aromatic nitrogens is 2. The van der Waals surface area contributed by atoms with Gasteiger partial charge in [0.05, 0.1) is 12.4 Å². The van der Waals surface area contributed by atoms with E-state index in [1.807, 2.05) is 60.7 Å². The van der Waals surface area contributed by atoms with Crippen molar-refractivity contribution in [2.45, 2.75) is 45.4 Å². The molecule has 4 rings (SSSR count). The van der Waals surface area contributed by atoms with Crippen LogP contribution in [0.1, 0.15) is 50.0 Å². The number of nitrogens with zero attached hydrogens (tertiary/aromatic N) is 2. The zero-order valence-electron chi connectivity index (χ0n) is 22.5. The molecule has 2 aromatic carbocycles. The van der Waals surface area contributed by atoms with E-state index in [0.29, 0.717) is 24.5 Å². The highest BCUT2D eigenvalue weighted by Gasteiger charge is 2.36. The summed E-state index contributed by atoms with van der Waals surface area (Å²) in [7, 11) is 0. The highest BCUT2D eigenvalue weighted by molar-refractivity contribution is 5.81. The van der Waals surface area contributed by atoms with Crippen LogP contribution in [0.4, 0.5) is 10.1 Å². The summed E-state index contributed by atoms with van der Waals surface area (Å²) in [5, 5.41) is 7.46. The highest BCUT2D eigenvalue weighted by atomic mass is 19.1. The number of likely N-dealkylation sites (tertiary alicyclic amines) is 1. The number of hydrogen-bond donors (Lipinski definition) is 2. The molecule has 1 aliphatic heterocycles. The Morgan fingerprint density at radius 3 is 2.62 bits per heavy atom. The van der Waals surface area contributed by atoms with Crippen molar-refractivity contribution < 1.29 is 23.3 Å². The lowest BCUT2D eigenvalue weighted by atomic mass is 9.91. The summed E-state index contributed by atoms with van der Waals surface area (Å²) in [6.45, 7) is 9.21. The SMILES string of the molecule is C=C/C=C(\C=C(/C)F)c1nc(C[NH+]2CCC(CC)[C@@H](OC(=O)[C@H](Nc3ccccc3)c3ccccc3)C2)no1. The van der Waals surface area contributed by atoms with E-state index in [1.165, 1.54) is 17.9 Å². The van der Waals surface area contributed by atoms with Gasteiger partial charge >= 0.3 is 5.97 Å². The molecule has 0 aliphatic carbocycles. The number of carbonyl (C=O) groups is 1. The molecule has 1 fully saturated rings. The molecule has 0 bridgehead atoms. The number of carbonyl (C=O) groups excluding carboxylic acids is 1. The molecule has 0 spiro atoms. The number of halogens is 1. The van der Waals surface area contributed by atoms with Crippen molar-refractivity contribution in [1.82, 2.24) is 10.1 Å². The minimum Gasteiger partial charge on any atom is -0.454 e. The third-order valence-corrected chi connectivity index (χ3v) is 6.90. The zero-order chi connectivity index (χ0) is 27.6. The van der Waals surface area contributed by atoms with E-state index in [4.69, 9.17) is 9.26 Å². The summed E-state index contributed by atoms with van der Waals surface area (Å²) >= 11 is 0. The van der Waals surface area contributed by atoms with E-state index >= 15 is 0 Å². The fraction of sp³-hybridized carbons (Fsp3) is 0.323. The van der Waals surface area contributed by atoms with Gasteiger partial charge < -0.3 is 19.5 Å². The summed E-state index contributed by atoms with van der Waals surface area (Å²) in [6, 6.07) is 18.7. The molecular formula is C31H36FN4O3+. The van der Waals surface area contributed by atoms with Gasteiger partial charge in [0.25, 0.3) is 5.89 Å². The predicted molar refractivity (Wildman–Crippen MR) is 149 cm³/mol. The number of rotatable bonds is 11. The Bertz CT molecular complexity index is 1290. The number of ether oxygens (including phenoxy) is 1. The molecule has 2 heterocycles. The smallest absolute Gasteiger partial charge is 0.333 e. The lowest BCUT2D eigenvalue weighted by molar-refractivity contribution is -0.923. The van der Waals surface area contributed by atoms with Crippen LogP contribution in [-0.4, -0.2) is 35.3 Å². The third-order valence-electron chi connectivity index (χ3n) is 6.90. The highest BCUT2D eigenvalue weighted by Crippen LogP contribution is 2.25. The second-order valence-corrected chi connectivity index (χ2v) is 9.77. The molecule has 2 N–H and O–H groups in total. The Morgan fingerprint density at radius 2 is 1.95 bits per heavy atom. The van der Waals surface area contributed by atoms with Gasteiger partial charge in [-0.2, -0.15) is 4.98 Å². The number of allylic oxidation sites excluding steroid dienone is 5. The first kappa shape index (κ1) is 28.0. The second kappa shape index (κ2) is 13.7. The molecule has 1 aliphatic rings. The van der Waals surface area contributed by atoms with Crippen LogP contribution < -0.4 is 10.2 Å². The van der Waals surface area contributed by atoms with Gasteiger partial charge in [0.1, 0.15) is 13.1 Å². The fourth-order valence-electron chi connectivity index (χ4n) is 4.93. The molecule has 8 heteroatoms. The van der Waals surface area contributed by atoms with Crippen LogP contribution >= 0.6 is 0 Å². The van der Waals surface area contributed by atoms with Gasteiger partial charge in [-0.3, -0.25) is 0 Å². The minimum absolute atomic E-state index is 0.241. The second-order valence-electron chi connectivity index (χ2n) is 9.77. The van der Waals surface area contributed by atoms with Crippen LogP contribution in [0.5, 0.6) is 0 Å². The number of benzene rings is 2. The van der Waals surface area contributed by atoms with E-state index in [9.17, 15) is 9.18 Å². The third kappa shape index (κ3) is 7.74. The molecule has 2 unspecified atom stereocenters. The Balaban J connectivity index is 1.46. The molecule has 204 valence electrons. The quantitative estimate of drug-likeness (QED) is 0.265. The molecule has 7 nitrogen and oxygen atoms in total. The number of quaternary nitrogens is 1. The molecule has 0 amide bonds. The number of nitrogens with one attached hydrogen (secondary N) is 2. The molecular weight excluding hydrogens is 495 g/mol. The molecule has 39 heavy (non-hydrogen) atoms. The van der Waals surface area contributed by atoms with Gasteiger partial charge in [-0.05, 0) is 43.2 Å². The molecule has 0 radical (unpaired) electrons. The molecule has 1 saturated heterocycles. The van der Waals surface area contributed by atoms with Crippen molar-refractivity contribution in [1.29, 1.82) is 0 Å². The molecule has 4 atom stereocenters. The van der Waals surface area contributed by atoms with E-state index in [2.05, 4.69) is 29.0 Å². The van der Waals surface area contributed by atoms with Crippen molar-refractivity contribution in [3.63, 3.8) is 0 Å². The van der Waals surface area contributed by atoms with Crippen LogP contribution in [0.2, 0.25) is 0 Å². The van der Waals surface area contributed by atoms with Crippen molar-refractivity contribution in [2.75, 3.05) is 18.4 Å². The van der Waals surface area contributed by atoms with Crippen LogP contribution in [0.15, 0.2) is 95.8 Å². The molecule has 1 aromatic heterocycles. The number of hydrogen-bond acceptors (Lipinski definition) is 6. The van der Waals surface area contributed by atoms with Crippen LogP contribution in [0.3, 0.4) is 0 Å². The number of esters is 1. The Labute approximate surface area is 229 Å². The van der Waals surface area contributed by atoms with Crippen LogP contribution in [0.25, 0.3) is 5.57 Å². The average molecular weight is 532 g/mol. The van der Waals surface area contributed by atoms with Crippen molar-refractivity contribution in [3.05, 3.63) is 109 Å². The van der Waals surface area contributed by atoms with Crippen molar-refractivity contribution >= 4 is 17.2 Å². The van der Waals surface area contributed by atoms with Gasteiger partial charge in [-0.15, -0.1) is 0 Å². The standard InChI is InChI=1S/C31H35FN4O3/c1-4-12-25(19-22(3)32)30-34-28(35-39-30)21-36-18-17-23(5-2)27(20-36)38-31(37)29(24-13-8-6-9-14-24)33-26-15-10-7-11-16-26/h4,6-16,19,23,27,29,33H,1,5,17-18,20-21H2,2-3H3/p+1/b22-19+,25-12+/t23?,27-,29+/m0/s1. The van der Waals surface area contributed by atoms with E-state index < -0.39 is 6.04 Å². The fourth-order valence-corrected chi connectivity index (χ4v) is 4.93. The maximum Gasteiger partial charge on any atom is 0.333 e. The predicted octanol–water partition coefficient (Wildman–Crippen LogP) is 5.09. The maximum atomic E-state index is 13.6. The van der Waals surface area contributed by atoms with E-state index in [1.54, 1.807) is 12.2 Å². The van der Waals surface area contributed by atoms with Gasteiger partial charge in [0.2, 0.25) is 5.82 Å². The van der Waals surface area contributed by atoms with E-state index in [-0.39, 0.29) is 29.7 Å². The lowest BCUT2D eigenvalue weighted by Crippen LogP contribution is -3.13. The van der Waals surface area contributed by atoms with Crippen molar-refractivity contribution in [2.24, 2.45) is 5.92 Å². The molecule has 3 aromatic rings. The lowest BCUT2D eigenvalue weighted by Gasteiger charge is -2.35. The van der Waals surface area contributed by atoms with Crippen molar-refractivity contribution in [3.8, 4) is 0 Å². The maximum absolute atomic E-state index is 13.6. The largest absolute Gasteiger partial charge is 0.454 e.